The predicted molar refractivity (Wildman–Crippen MR) is 559 cm³/mol. The Morgan fingerprint density at radius 3 is 1.52 bits per heavy atom. The third kappa shape index (κ3) is 37.8. The topological polar surface area (TPSA) is 294 Å². The number of aryl methyl sites for hydroxylation is 18. The van der Waals surface area contributed by atoms with Crippen molar-refractivity contribution in [2.75, 3.05) is 43.2 Å². The van der Waals surface area contributed by atoms with Crippen LogP contribution < -0.4 is 16.4 Å². The van der Waals surface area contributed by atoms with Gasteiger partial charge >= 0.3 is 0 Å². The molecule has 4 aromatic carbocycles. The van der Waals surface area contributed by atoms with Crippen molar-refractivity contribution in [1.29, 1.82) is 32.0 Å². The van der Waals surface area contributed by atoms with Crippen LogP contribution in [0.25, 0.3) is 24.0 Å². The number of nitrogen functional groups attached to an aromatic ring is 1. The van der Waals surface area contributed by atoms with Gasteiger partial charge in [-0.25, -0.2) is 15.0 Å². The molecule has 1 saturated heterocycles. The lowest BCUT2D eigenvalue weighted by Gasteiger charge is -2.12. The monoisotopic (exact) mass is 1960 g/mol. The Kier molecular flexibility index (Phi) is 45.5. The molecule has 19 nitrogen and oxygen atoms in total. The molecular formula is C110H130Br3N17O2. The maximum Gasteiger partial charge on any atom is 0.137 e. The van der Waals surface area contributed by atoms with Gasteiger partial charge in [-0.05, 0) is 413 Å². The van der Waals surface area contributed by atoms with E-state index in [1.165, 1.54) is 81.3 Å². The van der Waals surface area contributed by atoms with Gasteiger partial charge in [0.15, 0.2) is 0 Å². The number of aliphatic hydroxyl groups is 1. The first-order chi connectivity index (χ1) is 63.3. The lowest BCUT2D eigenvalue weighted by Crippen LogP contribution is -2.07. The Balaban J connectivity index is 0.000000224. The predicted octanol–water partition coefficient (Wildman–Crippen LogP) is 26.2. The second-order valence-electron chi connectivity index (χ2n) is 33.2. The Labute approximate surface area is 809 Å². The summed E-state index contributed by atoms with van der Waals surface area (Å²) in [5.41, 5.74) is 34.1. The minimum absolute atomic E-state index is 0.299. The first kappa shape index (κ1) is 107. The molecule has 1 aliphatic heterocycles. The molecule has 132 heavy (non-hydrogen) atoms. The van der Waals surface area contributed by atoms with E-state index in [0.717, 1.165) is 177 Å². The SMILES string of the molecule is CC(=C/C(=N)CCc1cc(Br)cc(C#N)c1)/C=C/n1c(C)ccc1C.CC1CCCO1.CO.Cc1cc(C)nc(-n2c(C)ccc2C)c1.Cc1cc(CCc2cc(Br)cc(Br)c2)nc(-n2c(C)ccc2C)c1.Cc1cc(N)nc(CCc2cc(C#N)cc(NCC/C=C/C=C\C=N)c2)c1.Cc1ccc(C)n1/C=C/C(C)CC(=N)CCc1cc(C#N)cc(NCCc2ccccn2)c1. The Bertz CT molecular complexity index is 5930. The van der Waals surface area contributed by atoms with Crippen LogP contribution in [0.1, 0.15) is 183 Å². The smallest absolute Gasteiger partial charge is 0.137 e. The van der Waals surface area contributed by atoms with Gasteiger partial charge in [0.25, 0.3) is 0 Å². The van der Waals surface area contributed by atoms with Gasteiger partial charge in [0.1, 0.15) is 17.5 Å². The molecule has 1 aliphatic rings. The molecule has 2 unspecified atom stereocenters. The number of rotatable bonds is 31. The van der Waals surface area contributed by atoms with Crippen molar-refractivity contribution < 1.29 is 9.84 Å². The molecule has 0 saturated carbocycles. The van der Waals surface area contributed by atoms with Gasteiger partial charge in [0.2, 0.25) is 0 Å². The standard InChI is InChI=1S/C28H33N5.C22H25N5.C21H22BrN3.C20H20Br2N2.C13H16N2.C5H10O.CH4O/c1-21(12-15-33-22(2)7-8-23(33)3)16-26(30)10-9-24-17-25(20-29)19-28(18-24)32-14-11-27-6-4-5-13-31-27;1-17-11-20(27-22(25)12-17)8-7-18-13-19(16-24)15-21(14-18)26-10-6-4-2-3-5-9-23;1-15(8-9-25-16(2)4-5-17(25)3)10-21(24)7-6-18-11-19(14-23)13-20(22)12-18;1-13-8-19(7-6-16-10-17(21)12-18(22)11-16)23-20(9-13)24-14(2)4-5-15(24)3;1-9-7-10(2)14-13(8-9)15-11(3)5-6-12(15)4;1-5-3-2-4-6-5;1-2/h4-8,12-13,15,17-19,21,30,32H,9-11,14,16H2,1-3H3;2-5,9,11-15,23,26H,6-8,10H2,1H3,(H2,25,27);4-5,8-13,24H,6-7H2,1-3H3;4-5,8-12H,6-7H2,1-3H3;5-8H,1-4H3;5H,2-4H2,1H3;2H,1H3/b15-12+,30-26?;4-2+,5-3-,23-9?;9-8+,15-10-,24-21?;;;;. The first-order valence-electron chi connectivity index (χ1n) is 44.8. The number of nitrogens with zero attached hydrogens (tertiary/aromatic N) is 11. The first-order valence-corrected chi connectivity index (χ1v) is 47.1. The Morgan fingerprint density at radius 2 is 1.02 bits per heavy atom. The molecule has 0 bridgehead atoms. The van der Waals surface area contributed by atoms with Gasteiger partial charge in [-0.1, -0.05) is 85.1 Å². The average Bonchev–Trinajstić information content (AvgIpc) is 1.52. The van der Waals surface area contributed by atoms with E-state index >= 15 is 0 Å². The summed E-state index contributed by atoms with van der Waals surface area (Å²) in [6, 6.07) is 65.8. The van der Waals surface area contributed by atoms with Crippen molar-refractivity contribution in [2.45, 2.75) is 193 Å². The molecule has 1 fully saturated rings. The highest BCUT2D eigenvalue weighted by Crippen LogP contribution is 2.27. The van der Waals surface area contributed by atoms with E-state index in [1.807, 2.05) is 124 Å². The maximum absolute atomic E-state index is 9.42. The summed E-state index contributed by atoms with van der Waals surface area (Å²) in [5.74, 6) is 2.88. The van der Waals surface area contributed by atoms with Crippen molar-refractivity contribution in [3.63, 3.8) is 0 Å². The molecule has 8 aromatic heterocycles. The Hall–Kier alpha value is -12.5. The van der Waals surface area contributed by atoms with E-state index in [2.05, 4.69) is 308 Å². The molecular weight excluding hydrogens is 1830 g/mol. The van der Waals surface area contributed by atoms with Gasteiger partial charge < -0.3 is 60.7 Å². The van der Waals surface area contributed by atoms with Crippen LogP contribution in [0.15, 0.2) is 244 Å². The molecule has 0 radical (unpaired) electrons. The van der Waals surface area contributed by atoms with E-state index in [9.17, 15) is 10.5 Å². The molecule has 0 spiro atoms. The normalized spacial score (nSPS) is 12.3. The summed E-state index contributed by atoms with van der Waals surface area (Å²) in [7, 11) is 1.00. The van der Waals surface area contributed by atoms with Crippen LogP contribution >= 0.6 is 47.8 Å². The number of ether oxygens (including phenoxy) is 1. The van der Waals surface area contributed by atoms with Crippen LogP contribution in [-0.4, -0.2) is 93.9 Å². The zero-order valence-electron chi connectivity index (χ0n) is 79.5. The second-order valence-corrected chi connectivity index (χ2v) is 36.0. The minimum atomic E-state index is 0.299. The lowest BCUT2D eigenvalue weighted by molar-refractivity contribution is 0.125. The molecule has 9 heterocycles. The third-order valence-corrected chi connectivity index (χ3v) is 22.9. The molecule has 688 valence electrons. The van der Waals surface area contributed by atoms with E-state index in [0.29, 0.717) is 53.1 Å². The van der Waals surface area contributed by atoms with E-state index < -0.39 is 0 Å². The van der Waals surface area contributed by atoms with Gasteiger partial charge in [-0.15, -0.1) is 0 Å². The number of nitriles is 3. The number of hydrogen-bond donors (Lipinski definition) is 7. The van der Waals surface area contributed by atoms with Crippen molar-refractivity contribution in [3.05, 3.63) is 368 Å². The van der Waals surface area contributed by atoms with Crippen LogP contribution in [0.4, 0.5) is 17.2 Å². The number of anilines is 3. The summed E-state index contributed by atoms with van der Waals surface area (Å²) in [6.07, 6.45) is 32.6. The fraction of sp³-hybridized carbons (Fsp3) is 0.309. The number of nitrogens with one attached hydrogen (secondary N) is 5. The van der Waals surface area contributed by atoms with Gasteiger partial charge in [-0.3, -0.25) is 4.98 Å². The van der Waals surface area contributed by atoms with E-state index in [-0.39, 0.29) is 0 Å². The largest absolute Gasteiger partial charge is 0.400 e. The number of allylic oxidation sites excluding steroid dienone is 7. The van der Waals surface area contributed by atoms with Crippen LogP contribution in [0.3, 0.4) is 0 Å². The number of pyridine rings is 4. The molecule has 0 aliphatic carbocycles. The van der Waals surface area contributed by atoms with Crippen LogP contribution in [-0.2, 0) is 49.7 Å². The number of nitrogens with two attached hydrogens (primary N) is 1. The molecule has 2 atom stereocenters. The molecule has 13 rings (SSSR count). The van der Waals surface area contributed by atoms with Gasteiger partial charge in [0.05, 0.1) is 41.0 Å². The summed E-state index contributed by atoms with van der Waals surface area (Å²) < 4.78 is 17.0. The van der Waals surface area contributed by atoms with Crippen LogP contribution in [0, 0.1) is 139 Å². The second kappa shape index (κ2) is 56.3. The number of aromatic nitrogens is 8. The van der Waals surface area contributed by atoms with Crippen molar-refractivity contribution in [2.24, 2.45) is 5.92 Å². The van der Waals surface area contributed by atoms with Gasteiger partial charge in [-0.2, -0.15) is 15.8 Å². The average molecular weight is 1960 g/mol. The maximum atomic E-state index is 9.42. The molecule has 12 aromatic rings. The Morgan fingerprint density at radius 1 is 0.530 bits per heavy atom. The van der Waals surface area contributed by atoms with Gasteiger partial charge in [0, 0.05) is 163 Å². The minimum Gasteiger partial charge on any atom is -0.400 e. The highest BCUT2D eigenvalue weighted by atomic mass is 79.9. The summed E-state index contributed by atoms with van der Waals surface area (Å²) in [6.45, 7) is 33.9. The van der Waals surface area contributed by atoms with Crippen molar-refractivity contribution in [3.8, 4) is 29.8 Å². The number of benzene rings is 4. The molecule has 0 amide bonds. The number of halogens is 3. The summed E-state index contributed by atoms with van der Waals surface area (Å²) >= 11 is 10.5. The number of hydrogen-bond acceptors (Lipinski definition) is 15. The summed E-state index contributed by atoms with van der Waals surface area (Å²) in [5, 5.41) is 65.0. The zero-order chi connectivity index (χ0) is 96.2. The van der Waals surface area contributed by atoms with Crippen LogP contribution in [0.2, 0.25) is 0 Å². The molecule has 8 N–H and O–H groups in total. The zero-order valence-corrected chi connectivity index (χ0v) is 84.3. The highest BCUT2D eigenvalue weighted by molar-refractivity contribution is 9.11. The van der Waals surface area contributed by atoms with Crippen molar-refractivity contribution in [1.82, 2.24) is 38.2 Å². The number of aliphatic hydroxyl groups excluding tert-OH is 1. The lowest BCUT2D eigenvalue weighted by atomic mass is 9.98. The highest BCUT2D eigenvalue weighted by Gasteiger charge is 2.14. The third-order valence-electron chi connectivity index (χ3n) is 21.5. The fourth-order valence-electron chi connectivity index (χ4n) is 15.0. The quantitative estimate of drug-likeness (QED) is 0.0121. The van der Waals surface area contributed by atoms with Crippen LogP contribution in [0.5, 0.6) is 0 Å². The fourth-order valence-corrected chi connectivity index (χ4v) is 16.9. The van der Waals surface area contributed by atoms with Crippen molar-refractivity contribution >= 4 is 95.0 Å². The van der Waals surface area contributed by atoms with E-state index in [4.69, 9.17) is 42.1 Å². The van der Waals surface area contributed by atoms with E-state index in [1.54, 1.807) is 18.3 Å². The molecule has 22 heteroatoms. The summed E-state index contributed by atoms with van der Waals surface area (Å²) in [4.78, 5) is 18.2.